The third-order valence-electron chi connectivity index (χ3n) is 5.53. The number of benzene rings is 2. The minimum Gasteiger partial charge on any atom is -0.390 e. The highest BCUT2D eigenvalue weighted by Gasteiger charge is 2.49. The summed E-state index contributed by atoms with van der Waals surface area (Å²) in [7, 11) is -4.35. The number of carbonyl (C=O) groups excluding carboxylic acids is 1. The number of aromatic amines is 1. The molecule has 0 saturated carbocycles. The second kappa shape index (κ2) is 7.31. The highest BCUT2D eigenvalue weighted by atomic mass is 35.5. The molecule has 0 saturated heterocycles. The molecule has 2 atom stereocenters. The molecule has 0 bridgehead atoms. The molecule has 1 aliphatic heterocycles. The minimum absolute atomic E-state index is 0.121. The highest BCUT2D eigenvalue weighted by molar-refractivity contribution is 7.90. The molecule has 2 aromatic carbocycles. The minimum atomic E-state index is -4.35. The quantitative estimate of drug-likeness (QED) is 0.631. The Hall–Kier alpha value is -2.98. The highest BCUT2D eigenvalue weighted by Crippen LogP contribution is 2.44. The van der Waals surface area contributed by atoms with E-state index in [-0.39, 0.29) is 26.9 Å². The molecular weight excluding hydrogens is 449 g/mol. The summed E-state index contributed by atoms with van der Waals surface area (Å²) in [5.41, 5.74) is 1.42. The van der Waals surface area contributed by atoms with Crippen LogP contribution in [0.4, 0.5) is 4.39 Å². The van der Waals surface area contributed by atoms with Crippen LogP contribution in [0.25, 0.3) is 0 Å². The van der Waals surface area contributed by atoms with Gasteiger partial charge in [-0.3, -0.25) is 4.79 Å². The van der Waals surface area contributed by atoms with Crippen molar-refractivity contribution in [3.05, 3.63) is 79.9 Å². The van der Waals surface area contributed by atoms with Gasteiger partial charge in [0.2, 0.25) is 5.89 Å². The molecule has 0 radical (unpaired) electrons. The van der Waals surface area contributed by atoms with Gasteiger partial charge in [-0.2, -0.15) is 0 Å². The number of aryl methyl sites for hydroxylation is 1. The van der Waals surface area contributed by atoms with Crippen molar-refractivity contribution >= 4 is 27.5 Å². The van der Waals surface area contributed by atoms with Crippen LogP contribution in [0.5, 0.6) is 0 Å². The van der Waals surface area contributed by atoms with Gasteiger partial charge in [-0.05, 0) is 54.8 Å². The number of amides is 1. The SMILES string of the molecule is Cc1ccc(F)c([C@@H](C)[C@@H](c2n[nH]c(=O)o2)N2C(=O)c3cc(Cl)ccc3S2(=O)=O)c1C. The first-order valence-corrected chi connectivity index (χ1v) is 11.0. The number of hydrogen-bond acceptors (Lipinski definition) is 6. The summed E-state index contributed by atoms with van der Waals surface area (Å²) < 4.78 is 47.1. The molecule has 31 heavy (non-hydrogen) atoms. The largest absolute Gasteiger partial charge is 0.434 e. The Balaban J connectivity index is 1.95. The number of H-pyrrole nitrogens is 1. The van der Waals surface area contributed by atoms with E-state index in [2.05, 4.69) is 10.2 Å². The molecule has 4 rings (SSSR count). The fourth-order valence-electron chi connectivity index (χ4n) is 3.91. The predicted molar refractivity (Wildman–Crippen MR) is 109 cm³/mol. The number of nitrogens with zero attached hydrogens (tertiary/aromatic N) is 2. The number of aromatic nitrogens is 2. The van der Waals surface area contributed by atoms with Crippen LogP contribution in [0.3, 0.4) is 0 Å². The molecule has 8 nitrogen and oxygen atoms in total. The number of fused-ring (bicyclic) bond motifs is 1. The number of rotatable bonds is 4. The smallest absolute Gasteiger partial charge is 0.390 e. The monoisotopic (exact) mass is 465 g/mol. The molecule has 162 valence electrons. The third-order valence-corrected chi connectivity index (χ3v) is 7.59. The van der Waals surface area contributed by atoms with Crippen molar-refractivity contribution in [1.29, 1.82) is 0 Å². The van der Waals surface area contributed by atoms with Crippen molar-refractivity contribution in [2.24, 2.45) is 0 Å². The molecule has 1 N–H and O–H groups in total. The Kier molecular flexibility index (Phi) is 5.01. The van der Waals surface area contributed by atoms with E-state index in [1.807, 2.05) is 0 Å². The standard InChI is InChI=1S/C20H17ClFN3O5S/c1-9-4-6-14(22)16(10(9)2)11(3)17(18-23-24-20(27)30-18)25-19(26)13-8-12(21)5-7-15(13)31(25,28)29/h4-8,11,17H,1-3H3,(H,24,27)/t11-,17+/m1/s1. The Labute approximate surface area is 181 Å². The summed E-state index contributed by atoms with van der Waals surface area (Å²) in [6.07, 6.45) is 0. The zero-order chi connectivity index (χ0) is 22.7. The van der Waals surface area contributed by atoms with E-state index >= 15 is 0 Å². The van der Waals surface area contributed by atoms with E-state index in [0.717, 1.165) is 5.56 Å². The first kappa shape index (κ1) is 21.3. The molecule has 1 aliphatic rings. The Morgan fingerprint density at radius 2 is 1.90 bits per heavy atom. The van der Waals surface area contributed by atoms with Gasteiger partial charge in [0.05, 0.1) is 5.56 Å². The van der Waals surface area contributed by atoms with Crippen LogP contribution in [0.2, 0.25) is 5.02 Å². The summed E-state index contributed by atoms with van der Waals surface area (Å²) in [5, 5.41) is 6.01. The van der Waals surface area contributed by atoms with E-state index in [0.29, 0.717) is 9.87 Å². The normalized spacial score (nSPS) is 16.9. The fourth-order valence-corrected chi connectivity index (χ4v) is 5.85. The van der Waals surface area contributed by atoms with Crippen LogP contribution in [0.15, 0.2) is 44.4 Å². The van der Waals surface area contributed by atoms with Crippen molar-refractivity contribution < 1.29 is 22.0 Å². The Morgan fingerprint density at radius 3 is 2.55 bits per heavy atom. The molecule has 2 heterocycles. The Morgan fingerprint density at radius 1 is 1.19 bits per heavy atom. The van der Waals surface area contributed by atoms with Gasteiger partial charge >= 0.3 is 5.76 Å². The summed E-state index contributed by atoms with van der Waals surface area (Å²) in [5.74, 6) is -3.67. The fraction of sp³-hybridized carbons (Fsp3) is 0.250. The summed E-state index contributed by atoms with van der Waals surface area (Å²) >= 11 is 5.95. The molecule has 0 fully saturated rings. The van der Waals surface area contributed by atoms with Gasteiger partial charge in [0.25, 0.3) is 15.9 Å². The average molecular weight is 466 g/mol. The molecule has 0 spiro atoms. The van der Waals surface area contributed by atoms with Gasteiger partial charge in [0, 0.05) is 10.9 Å². The lowest BCUT2D eigenvalue weighted by Crippen LogP contribution is -2.37. The maximum Gasteiger partial charge on any atom is 0.434 e. The molecule has 0 aliphatic carbocycles. The lowest BCUT2D eigenvalue weighted by Gasteiger charge is -2.30. The second-order valence-corrected chi connectivity index (χ2v) is 9.55. The van der Waals surface area contributed by atoms with Gasteiger partial charge in [-0.25, -0.2) is 27.0 Å². The average Bonchev–Trinajstić information content (AvgIpc) is 3.20. The summed E-state index contributed by atoms with van der Waals surface area (Å²) in [6.45, 7) is 5.02. The lowest BCUT2D eigenvalue weighted by molar-refractivity contribution is 0.0798. The van der Waals surface area contributed by atoms with Crippen molar-refractivity contribution in [1.82, 2.24) is 14.5 Å². The van der Waals surface area contributed by atoms with E-state index in [1.54, 1.807) is 26.8 Å². The topological polar surface area (TPSA) is 113 Å². The van der Waals surface area contributed by atoms with Crippen LogP contribution >= 0.6 is 11.6 Å². The second-order valence-electron chi connectivity index (χ2n) is 7.33. The maximum absolute atomic E-state index is 14.9. The maximum atomic E-state index is 14.9. The number of nitrogens with one attached hydrogen (secondary N) is 1. The van der Waals surface area contributed by atoms with Crippen molar-refractivity contribution in [2.45, 2.75) is 37.6 Å². The van der Waals surface area contributed by atoms with Crippen LogP contribution in [-0.2, 0) is 10.0 Å². The molecule has 11 heteroatoms. The van der Waals surface area contributed by atoms with Gasteiger partial charge < -0.3 is 4.42 Å². The number of sulfonamides is 1. The molecular formula is C20H17ClFN3O5S. The van der Waals surface area contributed by atoms with E-state index < -0.39 is 39.5 Å². The first-order chi connectivity index (χ1) is 14.5. The summed E-state index contributed by atoms with van der Waals surface area (Å²) in [4.78, 5) is 24.6. The van der Waals surface area contributed by atoms with E-state index in [1.165, 1.54) is 24.3 Å². The predicted octanol–water partition coefficient (Wildman–Crippen LogP) is 3.46. The van der Waals surface area contributed by atoms with E-state index in [9.17, 15) is 22.4 Å². The van der Waals surface area contributed by atoms with Gasteiger partial charge in [-0.15, -0.1) is 5.10 Å². The number of halogens is 2. The molecule has 0 unspecified atom stereocenters. The van der Waals surface area contributed by atoms with Gasteiger partial charge in [0.15, 0.2) is 0 Å². The van der Waals surface area contributed by atoms with Crippen LogP contribution < -0.4 is 5.76 Å². The summed E-state index contributed by atoms with van der Waals surface area (Å²) in [6, 6.07) is 5.27. The first-order valence-electron chi connectivity index (χ1n) is 9.23. The van der Waals surface area contributed by atoms with Crippen molar-refractivity contribution in [3.63, 3.8) is 0 Å². The van der Waals surface area contributed by atoms with Crippen LogP contribution in [-0.4, -0.2) is 28.8 Å². The zero-order valence-electron chi connectivity index (χ0n) is 16.6. The lowest BCUT2D eigenvalue weighted by atomic mass is 9.87. The zero-order valence-corrected chi connectivity index (χ0v) is 18.2. The van der Waals surface area contributed by atoms with Crippen molar-refractivity contribution in [3.8, 4) is 0 Å². The molecule has 1 amide bonds. The molecule has 3 aromatic rings. The van der Waals surface area contributed by atoms with Gasteiger partial charge in [-0.1, -0.05) is 24.6 Å². The van der Waals surface area contributed by atoms with Crippen LogP contribution in [0.1, 0.15) is 51.8 Å². The van der Waals surface area contributed by atoms with Crippen LogP contribution in [0, 0.1) is 19.7 Å². The molecule has 1 aromatic heterocycles. The van der Waals surface area contributed by atoms with Gasteiger partial charge in [0.1, 0.15) is 16.8 Å². The number of carbonyl (C=O) groups is 1. The third kappa shape index (κ3) is 3.26. The Bertz CT molecular complexity index is 1380. The number of hydrogen-bond donors (Lipinski definition) is 1. The van der Waals surface area contributed by atoms with Crippen molar-refractivity contribution in [2.75, 3.05) is 0 Å². The van der Waals surface area contributed by atoms with E-state index in [4.69, 9.17) is 16.0 Å².